The van der Waals surface area contributed by atoms with Crippen LogP contribution in [0.2, 0.25) is 0 Å². The van der Waals surface area contributed by atoms with E-state index in [1.165, 1.54) is 0 Å². The predicted molar refractivity (Wildman–Crippen MR) is 91.8 cm³/mol. The number of amides is 2. The summed E-state index contributed by atoms with van der Waals surface area (Å²) in [5, 5.41) is 0. The second-order valence-corrected chi connectivity index (χ2v) is 9.61. The van der Waals surface area contributed by atoms with E-state index in [9.17, 15) is 18.0 Å². The number of anilines is 1. The largest absolute Gasteiger partial charge is 0.443 e. The van der Waals surface area contributed by atoms with Gasteiger partial charge < -0.3 is 4.74 Å². The van der Waals surface area contributed by atoms with Crippen molar-refractivity contribution in [1.29, 1.82) is 0 Å². The van der Waals surface area contributed by atoms with Crippen LogP contribution in [0.25, 0.3) is 0 Å². The van der Waals surface area contributed by atoms with Crippen molar-refractivity contribution >= 4 is 27.5 Å². The van der Waals surface area contributed by atoms with E-state index < -0.39 is 32.9 Å². The fourth-order valence-electron chi connectivity index (χ4n) is 2.73. The van der Waals surface area contributed by atoms with Crippen molar-refractivity contribution < 1.29 is 22.7 Å². The second kappa shape index (κ2) is 5.88. The van der Waals surface area contributed by atoms with Gasteiger partial charge in [0.1, 0.15) is 15.4 Å². The molecule has 0 saturated heterocycles. The molecule has 7 heteroatoms. The number of rotatable bonds is 3. The summed E-state index contributed by atoms with van der Waals surface area (Å²) in [4.78, 5) is 26.5. The van der Waals surface area contributed by atoms with Crippen molar-refractivity contribution in [2.45, 2.75) is 45.1 Å². The highest BCUT2D eigenvalue weighted by atomic mass is 32.2. The third kappa shape index (κ3) is 3.61. The molecule has 0 radical (unpaired) electrons. The number of carbonyl (C=O) groups is 2. The summed E-state index contributed by atoms with van der Waals surface area (Å²) in [5.41, 5.74) is -0.716. The van der Waals surface area contributed by atoms with Gasteiger partial charge in [-0.25, -0.2) is 18.1 Å². The molecule has 1 aromatic carbocycles. The zero-order valence-electron chi connectivity index (χ0n) is 14.6. The number of imide groups is 1. The molecular weight excluding hydrogens is 330 g/mol. The van der Waals surface area contributed by atoms with Crippen LogP contribution in [0.1, 0.15) is 39.7 Å². The van der Waals surface area contributed by atoms with E-state index in [0.717, 1.165) is 11.2 Å². The fraction of sp³-hybridized carbons (Fsp3) is 0.529. The van der Waals surface area contributed by atoms with Gasteiger partial charge in [-0.2, -0.15) is 0 Å². The first-order valence-electron chi connectivity index (χ1n) is 7.70. The van der Waals surface area contributed by atoms with Gasteiger partial charge in [0.05, 0.1) is 16.9 Å². The van der Waals surface area contributed by atoms with Gasteiger partial charge in [0, 0.05) is 6.26 Å². The van der Waals surface area contributed by atoms with E-state index in [4.69, 9.17) is 4.74 Å². The highest BCUT2D eigenvalue weighted by molar-refractivity contribution is 7.90. The smallest absolute Gasteiger partial charge is 0.421 e. The van der Waals surface area contributed by atoms with E-state index in [0.29, 0.717) is 11.3 Å². The van der Waals surface area contributed by atoms with Crippen molar-refractivity contribution in [2.24, 2.45) is 0 Å². The van der Waals surface area contributed by atoms with Crippen LogP contribution in [-0.2, 0) is 24.8 Å². The lowest BCUT2D eigenvalue weighted by Crippen LogP contribution is -2.44. The van der Waals surface area contributed by atoms with Gasteiger partial charge in [0.15, 0.2) is 0 Å². The average Bonchev–Trinajstić information content (AvgIpc) is 2.64. The minimum Gasteiger partial charge on any atom is -0.443 e. The van der Waals surface area contributed by atoms with Gasteiger partial charge in [-0.1, -0.05) is 18.2 Å². The van der Waals surface area contributed by atoms with Crippen LogP contribution in [0, 0.1) is 0 Å². The number of hydrogen-bond donors (Lipinski definition) is 0. The highest BCUT2D eigenvalue weighted by Crippen LogP contribution is 2.44. The van der Waals surface area contributed by atoms with Crippen LogP contribution in [-0.4, -0.2) is 38.0 Å². The molecule has 6 nitrogen and oxygen atoms in total. The van der Waals surface area contributed by atoms with Crippen molar-refractivity contribution in [3.05, 3.63) is 29.8 Å². The Balaban J connectivity index is 2.44. The fourth-order valence-corrected chi connectivity index (χ4v) is 3.51. The molecule has 1 aliphatic rings. The normalized spacial score (nSPS) is 20.9. The molecule has 1 unspecified atom stereocenters. The Hall–Kier alpha value is -1.89. The first kappa shape index (κ1) is 18.4. The third-order valence-electron chi connectivity index (χ3n) is 3.96. The summed E-state index contributed by atoms with van der Waals surface area (Å²) in [6, 6.07) is 6.91. The monoisotopic (exact) mass is 353 g/mol. The number of sulfone groups is 1. The standard InChI is InChI=1S/C17H23NO5S/c1-16(2,3)23-15(20)18-13-9-7-6-8-12(13)17(4,14(18)19)10-11-24(5,21)22/h6-9H,10-11H2,1-5H3. The summed E-state index contributed by atoms with van der Waals surface area (Å²) in [6.45, 7) is 6.84. The Bertz CT molecular complexity index is 778. The first-order valence-corrected chi connectivity index (χ1v) is 9.76. The molecule has 0 aromatic heterocycles. The summed E-state index contributed by atoms with van der Waals surface area (Å²) in [6.07, 6.45) is 0.497. The summed E-state index contributed by atoms with van der Waals surface area (Å²) in [5.74, 6) is -0.590. The molecule has 1 aliphatic heterocycles. The SMILES string of the molecule is CC(C)(C)OC(=O)N1C(=O)C(C)(CCS(C)(=O)=O)c2ccccc21. The van der Waals surface area contributed by atoms with Gasteiger partial charge >= 0.3 is 6.09 Å². The van der Waals surface area contributed by atoms with Crippen LogP contribution < -0.4 is 4.90 Å². The number of nitrogens with zero attached hydrogens (tertiary/aromatic N) is 1. The van der Waals surface area contributed by atoms with Gasteiger partial charge in [0.2, 0.25) is 5.91 Å². The Morgan fingerprint density at radius 3 is 2.38 bits per heavy atom. The van der Waals surface area contributed by atoms with E-state index in [1.54, 1.807) is 52.0 Å². The predicted octanol–water partition coefficient (Wildman–Crippen LogP) is 2.66. The first-order chi connectivity index (χ1) is 10.9. The van der Waals surface area contributed by atoms with Crippen molar-refractivity contribution in [3.63, 3.8) is 0 Å². The quantitative estimate of drug-likeness (QED) is 0.834. The van der Waals surface area contributed by atoms with E-state index in [1.807, 2.05) is 0 Å². The van der Waals surface area contributed by atoms with Crippen LogP contribution in [0.3, 0.4) is 0 Å². The van der Waals surface area contributed by atoms with Crippen molar-refractivity contribution in [2.75, 3.05) is 16.9 Å². The van der Waals surface area contributed by atoms with Crippen LogP contribution in [0.5, 0.6) is 0 Å². The van der Waals surface area contributed by atoms with E-state index in [-0.39, 0.29) is 12.2 Å². The zero-order chi connectivity index (χ0) is 18.3. The second-order valence-electron chi connectivity index (χ2n) is 7.35. The van der Waals surface area contributed by atoms with Gasteiger partial charge in [-0.15, -0.1) is 0 Å². The number of ether oxygens (including phenoxy) is 1. The Morgan fingerprint density at radius 2 is 1.83 bits per heavy atom. The van der Waals surface area contributed by atoms with E-state index >= 15 is 0 Å². The molecule has 1 aromatic rings. The molecule has 1 heterocycles. The third-order valence-corrected chi connectivity index (χ3v) is 4.91. The average molecular weight is 353 g/mol. The van der Waals surface area contributed by atoms with Gasteiger partial charge in [0.25, 0.3) is 0 Å². The number of fused-ring (bicyclic) bond motifs is 1. The van der Waals surface area contributed by atoms with Gasteiger partial charge in [-0.3, -0.25) is 4.79 Å². The van der Waals surface area contributed by atoms with Crippen LogP contribution in [0.15, 0.2) is 24.3 Å². The highest BCUT2D eigenvalue weighted by Gasteiger charge is 2.50. The molecule has 0 bridgehead atoms. The number of hydrogen-bond acceptors (Lipinski definition) is 5. The summed E-state index contributed by atoms with van der Waals surface area (Å²) >= 11 is 0. The topological polar surface area (TPSA) is 80.8 Å². The number of para-hydroxylation sites is 1. The Kier molecular flexibility index (Phi) is 4.52. The molecule has 2 amide bonds. The molecule has 132 valence electrons. The van der Waals surface area contributed by atoms with Crippen LogP contribution >= 0.6 is 0 Å². The molecule has 1 atom stereocenters. The maximum absolute atomic E-state index is 13.0. The van der Waals surface area contributed by atoms with Crippen molar-refractivity contribution in [3.8, 4) is 0 Å². The molecule has 0 spiro atoms. The minimum absolute atomic E-state index is 0.112. The molecule has 24 heavy (non-hydrogen) atoms. The van der Waals surface area contributed by atoms with Crippen LogP contribution in [0.4, 0.5) is 10.5 Å². The van der Waals surface area contributed by atoms with E-state index in [2.05, 4.69) is 0 Å². The number of carbonyl (C=O) groups excluding carboxylic acids is 2. The number of benzene rings is 1. The lowest BCUT2D eigenvalue weighted by Gasteiger charge is -2.26. The molecular formula is C17H23NO5S. The maximum atomic E-state index is 13.0. The molecule has 0 aliphatic carbocycles. The Labute approximate surface area is 142 Å². The summed E-state index contributed by atoms with van der Waals surface area (Å²) < 4.78 is 28.4. The zero-order valence-corrected chi connectivity index (χ0v) is 15.4. The van der Waals surface area contributed by atoms with Crippen molar-refractivity contribution in [1.82, 2.24) is 0 Å². The molecule has 2 rings (SSSR count). The molecule has 0 N–H and O–H groups in total. The Morgan fingerprint density at radius 1 is 1.25 bits per heavy atom. The summed E-state index contributed by atoms with van der Waals surface area (Å²) in [7, 11) is -3.23. The lowest BCUT2D eigenvalue weighted by molar-refractivity contribution is -0.122. The minimum atomic E-state index is -3.23. The maximum Gasteiger partial charge on any atom is 0.421 e. The lowest BCUT2D eigenvalue weighted by atomic mass is 9.81. The molecule has 0 saturated carbocycles. The molecule has 0 fully saturated rings. The van der Waals surface area contributed by atoms with Gasteiger partial charge in [-0.05, 0) is 45.7 Å².